The Bertz CT molecular complexity index is 1410. The highest BCUT2D eigenvalue weighted by Crippen LogP contribution is 2.71. The fourth-order valence-electron chi connectivity index (χ4n) is 9.20. The minimum atomic E-state index is -2.72. The molecule has 0 radical (unpaired) electrons. The number of carbonyl (C=O) groups excluding carboxylic acids is 1. The quantitative estimate of drug-likeness (QED) is 0.284. The highest BCUT2D eigenvalue weighted by Gasteiger charge is 2.70. The number of benzene rings is 2. The van der Waals surface area contributed by atoms with Gasteiger partial charge in [-0.2, -0.15) is 0 Å². The predicted molar refractivity (Wildman–Crippen MR) is 155 cm³/mol. The summed E-state index contributed by atoms with van der Waals surface area (Å²) in [5.41, 5.74) is 4.91. The number of phenolic OH excluding ortho intramolecular Hbond substituents is 1. The van der Waals surface area contributed by atoms with Gasteiger partial charge < -0.3 is 15.4 Å². The number of phenols is 1. The molecule has 0 spiro atoms. The number of aromatic nitrogens is 1. The maximum atomic E-state index is 16.0. The Hall–Kier alpha value is -2.89. The van der Waals surface area contributed by atoms with Crippen LogP contribution < -0.4 is 5.32 Å². The summed E-state index contributed by atoms with van der Waals surface area (Å²) >= 11 is 0. The molecule has 2 fully saturated rings. The molecule has 5 atom stereocenters. The van der Waals surface area contributed by atoms with E-state index in [4.69, 9.17) is 0 Å². The van der Waals surface area contributed by atoms with Gasteiger partial charge in [0.15, 0.2) is 0 Å². The van der Waals surface area contributed by atoms with Crippen molar-refractivity contribution in [2.24, 2.45) is 29.1 Å². The summed E-state index contributed by atoms with van der Waals surface area (Å²) in [6.45, 7) is 6.58. The number of carbonyl (C=O) groups is 1. The Morgan fingerprint density at radius 3 is 2.83 bits per heavy atom. The molecule has 1 unspecified atom stereocenters. The van der Waals surface area contributed by atoms with Crippen molar-refractivity contribution in [3.05, 3.63) is 64.8 Å². The first-order valence-electron chi connectivity index (χ1n) is 15.1. The second-order valence-electron chi connectivity index (χ2n) is 13.1. The Morgan fingerprint density at radius 2 is 2.02 bits per heavy atom. The number of alkyl halides is 2. The van der Waals surface area contributed by atoms with Crippen LogP contribution in [0, 0.1) is 36.0 Å². The number of aromatic amines is 1. The molecule has 1 amide bonds. The molecule has 4 nitrogen and oxygen atoms in total. The molecular formula is C34H42F2N2O2. The van der Waals surface area contributed by atoms with Crippen molar-refractivity contribution in [2.75, 3.05) is 6.54 Å². The number of fused-ring (bicyclic) bond motifs is 6. The molecule has 6 heteroatoms. The first-order valence-corrected chi connectivity index (χ1v) is 15.1. The van der Waals surface area contributed by atoms with Gasteiger partial charge in [-0.05, 0) is 109 Å². The third kappa shape index (κ3) is 4.33. The van der Waals surface area contributed by atoms with Crippen LogP contribution in [0.4, 0.5) is 8.78 Å². The molecule has 1 heterocycles. The Morgan fingerprint density at radius 1 is 1.20 bits per heavy atom. The van der Waals surface area contributed by atoms with Crippen LogP contribution in [0.25, 0.3) is 10.9 Å². The Balaban J connectivity index is 1.15. The summed E-state index contributed by atoms with van der Waals surface area (Å²) in [6, 6.07) is 11.9. The number of nitrogens with one attached hydrogen (secondary N) is 2. The van der Waals surface area contributed by atoms with E-state index in [0.717, 1.165) is 31.2 Å². The first kappa shape index (κ1) is 27.3. The van der Waals surface area contributed by atoms with Crippen molar-refractivity contribution >= 4 is 16.8 Å². The molecule has 214 valence electrons. The summed E-state index contributed by atoms with van der Waals surface area (Å²) in [5.74, 6) is -2.41. The van der Waals surface area contributed by atoms with Crippen LogP contribution in [0.5, 0.6) is 5.75 Å². The predicted octanol–water partition coefficient (Wildman–Crippen LogP) is 7.67. The van der Waals surface area contributed by atoms with Crippen LogP contribution in [-0.2, 0) is 17.6 Å². The van der Waals surface area contributed by atoms with Gasteiger partial charge in [0.2, 0.25) is 5.91 Å². The first-order chi connectivity index (χ1) is 19.1. The Kier molecular flexibility index (Phi) is 6.95. The number of aromatic hydroxyl groups is 1. The zero-order valence-electron chi connectivity index (χ0n) is 23.9. The van der Waals surface area contributed by atoms with Crippen LogP contribution in [0.15, 0.2) is 42.6 Å². The van der Waals surface area contributed by atoms with E-state index in [2.05, 4.69) is 29.4 Å². The Labute approximate surface area is 235 Å². The van der Waals surface area contributed by atoms with Gasteiger partial charge in [-0.3, -0.25) is 4.79 Å². The smallest absolute Gasteiger partial charge is 0.254 e. The lowest BCUT2D eigenvalue weighted by molar-refractivity contribution is -0.168. The summed E-state index contributed by atoms with van der Waals surface area (Å²) < 4.78 is 32.1. The van der Waals surface area contributed by atoms with Crippen molar-refractivity contribution < 1.29 is 18.7 Å². The van der Waals surface area contributed by atoms with E-state index in [-0.39, 0.29) is 47.7 Å². The van der Waals surface area contributed by atoms with Gasteiger partial charge in [0.25, 0.3) is 5.92 Å². The lowest BCUT2D eigenvalue weighted by Gasteiger charge is -2.55. The summed E-state index contributed by atoms with van der Waals surface area (Å²) in [6.07, 6.45) is 6.44. The number of halogens is 2. The molecule has 3 N–H and O–H groups in total. The molecule has 1 aromatic heterocycles. The molecule has 0 bridgehead atoms. The van der Waals surface area contributed by atoms with E-state index in [0.29, 0.717) is 25.8 Å². The number of aryl methyl sites for hydroxylation is 2. The van der Waals surface area contributed by atoms with E-state index in [1.807, 2.05) is 38.2 Å². The second kappa shape index (κ2) is 10.2. The number of amides is 1. The molecule has 0 saturated heterocycles. The van der Waals surface area contributed by atoms with Gasteiger partial charge in [-0.1, -0.05) is 38.1 Å². The maximum absolute atomic E-state index is 16.0. The largest absolute Gasteiger partial charge is 0.508 e. The number of hydrogen-bond acceptors (Lipinski definition) is 2. The molecule has 2 saturated carbocycles. The average Bonchev–Trinajstić information content (AvgIpc) is 3.44. The van der Waals surface area contributed by atoms with E-state index in [1.165, 1.54) is 27.6 Å². The zero-order chi connectivity index (χ0) is 28.2. The van der Waals surface area contributed by atoms with Gasteiger partial charge in [0.1, 0.15) is 5.75 Å². The van der Waals surface area contributed by atoms with Crippen molar-refractivity contribution in [2.45, 2.75) is 84.0 Å². The normalized spacial score (nSPS) is 28.8. The van der Waals surface area contributed by atoms with Crippen LogP contribution in [0.3, 0.4) is 0 Å². The molecule has 3 aliphatic rings. The van der Waals surface area contributed by atoms with Crippen LogP contribution in [0.1, 0.15) is 80.5 Å². The van der Waals surface area contributed by atoms with Gasteiger partial charge in [0.05, 0.1) is 0 Å². The minimum absolute atomic E-state index is 0.0433. The molecule has 0 aliphatic heterocycles. The lowest BCUT2D eigenvalue weighted by Crippen LogP contribution is -2.52. The molecule has 2 aromatic carbocycles. The third-order valence-corrected chi connectivity index (χ3v) is 10.9. The monoisotopic (exact) mass is 548 g/mol. The molecular weight excluding hydrogens is 506 g/mol. The van der Waals surface area contributed by atoms with Gasteiger partial charge in [-0.15, -0.1) is 0 Å². The van der Waals surface area contributed by atoms with E-state index >= 15 is 8.78 Å². The molecule has 3 aliphatic carbocycles. The van der Waals surface area contributed by atoms with Crippen molar-refractivity contribution in [1.29, 1.82) is 0 Å². The minimum Gasteiger partial charge on any atom is -0.508 e. The second-order valence-corrected chi connectivity index (χ2v) is 13.1. The summed E-state index contributed by atoms with van der Waals surface area (Å²) in [4.78, 5) is 16.3. The number of para-hydroxylation sites is 1. The topological polar surface area (TPSA) is 65.1 Å². The highest BCUT2D eigenvalue weighted by atomic mass is 19.3. The lowest BCUT2D eigenvalue weighted by atomic mass is 9.50. The van der Waals surface area contributed by atoms with Crippen molar-refractivity contribution in [1.82, 2.24) is 10.3 Å². The SMILES string of the molecule is Cc1cccc2c(CCNC(=O)CC[C@@H]3CC(F)(F)[C@@]4(C(C)C)CC[C@@H]5c6ccc(O)cc6CCC5[C@H]34)c[nH]c12. The van der Waals surface area contributed by atoms with Crippen molar-refractivity contribution in [3.63, 3.8) is 0 Å². The van der Waals surface area contributed by atoms with Crippen molar-refractivity contribution in [3.8, 4) is 5.75 Å². The molecule has 3 aromatic rings. The zero-order valence-corrected chi connectivity index (χ0v) is 23.9. The number of rotatable bonds is 7. The van der Waals surface area contributed by atoms with Crippen LogP contribution in [-0.4, -0.2) is 28.5 Å². The highest BCUT2D eigenvalue weighted by molar-refractivity contribution is 5.86. The van der Waals surface area contributed by atoms with Gasteiger partial charge in [-0.25, -0.2) is 8.78 Å². The fraction of sp³-hybridized carbons (Fsp3) is 0.559. The van der Waals surface area contributed by atoms with Gasteiger partial charge >= 0.3 is 0 Å². The molecule has 6 rings (SSSR count). The van der Waals surface area contributed by atoms with Crippen LogP contribution in [0.2, 0.25) is 0 Å². The standard InChI is InChI=1S/C34H42F2N2O2/c1-20(2)33-15-13-28-26-11-9-25(39)17-22(26)7-10-29(28)31(33)23(18-34(33,35)36)8-12-30(40)37-16-14-24-19-38-32-21(3)5-4-6-27(24)32/h4-6,9,11,17,19-20,23,28-29,31,38-39H,7-8,10,12-16,18H2,1-3H3,(H,37,40)/t23-,28-,29?,31+,33-/m1/s1. The summed E-state index contributed by atoms with van der Waals surface area (Å²) in [5, 5.41) is 14.3. The van der Waals surface area contributed by atoms with Crippen LogP contribution >= 0.6 is 0 Å². The van der Waals surface area contributed by atoms with E-state index < -0.39 is 11.3 Å². The number of H-pyrrole nitrogens is 1. The fourth-order valence-corrected chi connectivity index (χ4v) is 9.20. The van der Waals surface area contributed by atoms with E-state index in [9.17, 15) is 9.90 Å². The maximum Gasteiger partial charge on any atom is 0.254 e. The summed E-state index contributed by atoms with van der Waals surface area (Å²) in [7, 11) is 0. The average molecular weight is 549 g/mol. The molecule has 40 heavy (non-hydrogen) atoms. The van der Waals surface area contributed by atoms with E-state index in [1.54, 1.807) is 6.07 Å². The third-order valence-electron chi connectivity index (χ3n) is 10.9. The van der Waals surface area contributed by atoms with Gasteiger partial charge in [0, 0.05) is 41.9 Å². The number of hydrogen-bond donors (Lipinski definition) is 3.